The number of benzene rings is 3. The molecule has 8 heteroatoms. The number of hydrogen-bond donors (Lipinski definition) is 1. The molecule has 0 aromatic heterocycles. The fourth-order valence-corrected chi connectivity index (χ4v) is 5.88. The topological polar surface area (TPSA) is 67.9 Å². The van der Waals surface area contributed by atoms with Gasteiger partial charge in [0.05, 0.1) is 25.2 Å². The second-order valence-corrected chi connectivity index (χ2v) is 10.1. The molecule has 0 amide bonds. The molecular weight excluding hydrogens is 455 g/mol. The smallest absolute Gasteiger partial charge is 0.240 e. The molecule has 0 spiro atoms. The second kappa shape index (κ2) is 10.1. The highest BCUT2D eigenvalue weighted by Gasteiger charge is 2.35. The van der Waals surface area contributed by atoms with Crippen molar-refractivity contribution < 1.29 is 22.3 Å². The van der Waals surface area contributed by atoms with Gasteiger partial charge in [0.1, 0.15) is 5.82 Å². The van der Waals surface area contributed by atoms with Crippen molar-refractivity contribution in [3.05, 3.63) is 89.2 Å². The average Bonchev–Trinajstić information content (AvgIpc) is 2.84. The predicted octanol–water partition coefficient (Wildman–Crippen LogP) is 4.31. The van der Waals surface area contributed by atoms with Gasteiger partial charge in [0.15, 0.2) is 11.5 Å². The van der Waals surface area contributed by atoms with Gasteiger partial charge in [0, 0.05) is 24.7 Å². The van der Waals surface area contributed by atoms with E-state index in [1.165, 1.54) is 6.07 Å². The van der Waals surface area contributed by atoms with Crippen molar-refractivity contribution in [3.8, 4) is 11.5 Å². The Hall–Kier alpha value is -2.94. The van der Waals surface area contributed by atoms with Crippen molar-refractivity contribution in [2.75, 3.05) is 20.8 Å². The lowest BCUT2D eigenvalue weighted by atomic mass is 9.88. The summed E-state index contributed by atoms with van der Waals surface area (Å²) >= 11 is 0. The van der Waals surface area contributed by atoms with Crippen molar-refractivity contribution in [1.82, 2.24) is 9.62 Å². The highest BCUT2D eigenvalue weighted by Crippen LogP contribution is 2.40. The monoisotopic (exact) mass is 484 g/mol. The summed E-state index contributed by atoms with van der Waals surface area (Å²) < 4.78 is 54.6. The number of halogens is 1. The summed E-state index contributed by atoms with van der Waals surface area (Å²) in [7, 11) is -0.592. The molecule has 2 atom stereocenters. The molecule has 0 radical (unpaired) electrons. The summed E-state index contributed by atoms with van der Waals surface area (Å²) in [5.41, 5.74) is 2.55. The molecular formula is C26H29FN2O4S. The summed E-state index contributed by atoms with van der Waals surface area (Å²) in [5.74, 6) is 0.911. The van der Waals surface area contributed by atoms with Gasteiger partial charge in [-0.05, 0) is 54.8 Å². The Balaban J connectivity index is 1.74. The van der Waals surface area contributed by atoms with E-state index in [1.54, 1.807) is 62.8 Å². The number of fused-ring (bicyclic) bond motifs is 1. The Bertz CT molecular complexity index is 1250. The van der Waals surface area contributed by atoms with Crippen LogP contribution in [0.3, 0.4) is 0 Å². The van der Waals surface area contributed by atoms with Crippen LogP contribution in [0.4, 0.5) is 4.39 Å². The van der Waals surface area contributed by atoms with E-state index in [1.807, 2.05) is 19.1 Å². The molecule has 0 aliphatic carbocycles. The normalized spacial score (nSPS) is 17.1. The zero-order valence-electron chi connectivity index (χ0n) is 19.5. The lowest BCUT2D eigenvalue weighted by Crippen LogP contribution is -2.47. The van der Waals surface area contributed by atoms with E-state index in [0.717, 1.165) is 17.5 Å². The summed E-state index contributed by atoms with van der Waals surface area (Å²) in [5, 5.41) is 0. The molecule has 180 valence electrons. The summed E-state index contributed by atoms with van der Waals surface area (Å²) in [4.78, 5) is 2.32. The Kier molecular flexibility index (Phi) is 7.21. The van der Waals surface area contributed by atoms with Crippen LogP contribution in [-0.2, 0) is 23.0 Å². The van der Waals surface area contributed by atoms with E-state index in [-0.39, 0.29) is 16.8 Å². The largest absolute Gasteiger partial charge is 0.493 e. The number of sulfonamides is 1. The van der Waals surface area contributed by atoms with Gasteiger partial charge in [-0.3, -0.25) is 4.90 Å². The molecule has 6 nitrogen and oxygen atoms in total. The highest BCUT2D eigenvalue weighted by atomic mass is 32.2. The Morgan fingerprint density at radius 1 is 1.03 bits per heavy atom. The molecule has 1 aliphatic rings. The van der Waals surface area contributed by atoms with Crippen LogP contribution in [0, 0.1) is 5.82 Å². The number of hydrogen-bond acceptors (Lipinski definition) is 5. The van der Waals surface area contributed by atoms with Crippen LogP contribution in [-0.4, -0.2) is 40.1 Å². The Labute approximate surface area is 200 Å². The maximum atomic E-state index is 14.5. The van der Waals surface area contributed by atoms with Crippen LogP contribution < -0.4 is 14.2 Å². The van der Waals surface area contributed by atoms with Gasteiger partial charge in [-0.15, -0.1) is 0 Å². The van der Waals surface area contributed by atoms with Crippen molar-refractivity contribution in [2.24, 2.45) is 0 Å². The van der Waals surface area contributed by atoms with Gasteiger partial charge in [0.25, 0.3) is 0 Å². The van der Waals surface area contributed by atoms with E-state index in [9.17, 15) is 12.8 Å². The number of nitrogens with zero attached hydrogens (tertiary/aromatic N) is 1. The van der Waals surface area contributed by atoms with Gasteiger partial charge < -0.3 is 9.47 Å². The van der Waals surface area contributed by atoms with Crippen LogP contribution in [0.1, 0.15) is 29.7 Å². The zero-order valence-corrected chi connectivity index (χ0v) is 20.3. The summed E-state index contributed by atoms with van der Waals surface area (Å²) in [6.45, 7) is 2.83. The average molecular weight is 485 g/mol. The van der Waals surface area contributed by atoms with E-state index in [4.69, 9.17) is 9.47 Å². The Morgan fingerprint density at radius 3 is 2.35 bits per heavy atom. The third-order valence-electron chi connectivity index (χ3n) is 6.23. The minimum Gasteiger partial charge on any atom is -0.493 e. The first-order valence-corrected chi connectivity index (χ1v) is 12.6. The standard InChI is InChI=1S/C26H29FN2O4S/c1-18(28-34(30,31)21-10-5-4-6-11-21)26-22-16-25(33-3)24(32-2)15-19(22)13-14-29(26)17-20-9-7-8-12-23(20)27/h4-12,15-16,18,26,28H,13-14,17H2,1-3H3. The number of methoxy groups -OCH3 is 2. The fraction of sp³-hybridized carbons (Fsp3) is 0.308. The van der Waals surface area contributed by atoms with Crippen molar-refractivity contribution >= 4 is 10.0 Å². The predicted molar refractivity (Wildman–Crippen MR) is 129 cm³/mol. The maximum Gasteiger partial charge on any atom is 0.240 e. The van der Waals surface area contributed by atoms with E-state index in [0.29, 0.717) is 30.2 Å². The molecule has 0 saturated heterocycles. The van der Waals surface area contributed by atoms with Crippen molar-refractivity contribution in [2.45, 2.75) is 36.9 Å². The van der Waals surface area contributed by atoms with Crippen molar-refractivity contribution in [3.63, 3.8) is 0 Å². The molecule has 34 heavy (non-hydrogen) atoms. The summed E-state index contributed by atoms with van der Waals surface area (Å²) in [6, 6.07) is 18.0. The first-order valence-electron chi connectivity index (χ1n) is 11.1. The minimum absolute atomic E-state index is 0.200. The maximum absolute atomic E-state index is 14.5. The second-order valence-electron chi connectivity index (χ2n) is 8.39. The van der Waals surface area contributed by atoms with Crippen molar-refractivity contribution in [1.29, 1.82) is 0 Å². The van der Waals surface area contributed by atoms with E-state index in [2.05, 4.69) is 9.62 Å². The van der Waals surface area contributed by atoms with Gasteiger partial charge in [0.2, 0.25) is 10.0 Å². The molecule has 0 bridgehead atoms. The quantitative estimate of drug-likeness (QED) is 0.516. The van der Waals surface area contributed by atoms with Gasteiger partial charge in [-0.2, -0.15) is 0 Å². The molecule has 2 unspecified atom stereocenters. The highest BCUT2D eigenvalue weighted by molar-refractivity contribution is 7.89. The molecule has 1 aliphatic heterocycles. The van der Waals surface area contributed by atoms with Crippen LogP contribution >= 0.6 is 0 Å². The third-order valence-corrected chi connectivity index (χ3v) is 7.80. The van der Waals surface area contributed by atoms with Crippen LogP contribution in [0.5, 0.6) is 11.5 Å². The molecule has 3 aromatic carbocycles. The first kappa shape index (κ1) is 24.2. The zero-order chi connectivity index (χ0) is 24.3. The molecule has 0 fully saturated rings. The lowest BCUT2D eigenvalue weighted by Gasteiger charge is -2.41. The SMILES string of the molecule is COc1cc2c(cc1OC)C(C(C)NS(=O)(=O)c1ccccc1)N(Cc1ccccc1F)CC2. The molecule has 4 rings (SSSR count). The van der Waals surface area contributed by atoms with E-state index >= 15 is 0 Å². The van der Waals surface area contributed by atoms with Crippen LogP contribution in [0.2, 0.25) is 0 Å². The van der Waals surface area contributed by atoms with Crippen LogP contribution in [0.25, 0.3) is 0 Å². The van der Waals surface area contributed by atoms with Gasteiger partial charge >= 0.3 is 0 Å². The minimum atomic E-state index is -3.75. The molecule has 3 aromatic rings. The van der Waals surface area contributed by atoms with Gasteiger partial charge in [-0.1, -0.05) is 36.4 Å². The number of ether oxygens (including phenoxy) is 2. The van der Waals surface area contributed by atoms with E-state index < -0.39 is 16.1 Å². The molecule has 1 heterocycles. The first-order chi connectivity index (χ1) is 16.3. The van der Waals surface area contributed by atoms with Gasteiger partial charge in [-0.25, -0.2) is 17.5 Å². The lowest BCUT2D eigenvalue weighted by molar-refractivity contribution is 0.148. The van der Waals surface area contributed by atoms with Crippen LogP contribution in [0.15, 0.2) is 71.6 Å². The number of rotatable bonds is 8. The molecule has 0 saturated carbocycles. The number of nitrogens with one attached hydrogen (secondary N) is 1. The molecule has 1 N–H and O–H groups in total. The third kappa shape index (κ3) is 4.94. The Morgan fingerprint density at radius 2 is 1.68 bits per heavy atom. The fourth-order valence-electron chi connectivity index (χ4n) is 4.61. The summed E-state index contributed by atoms with van der Waals surface area (Å²) in [6.07, 6.45) is 0.721.